The minimum absolute atomic E-state index is 0.137. The molecule has 0 aromatic rings. The van der Waals surface area contributed by atoms with E-state index in [2.05, 4.69) is 13.0 Å². The highest BCUT2D eigenvalue weighted by molar-refractivity contribution is 5.62. The summed E-state index contributed by atoms with van der Waals surface area (Å²) in [5, 5.41) is 15.8. The summed E-state index contributed by atoms with van der Waals surface area (Å²) in [4.78, 5) is 9.00. The molecule has 0 aliphatic rings. The Balaban J connectivity index is 0. The molecule has 0 radical (unpaired) electrons. The normalized spacial score (nSPS) is 10.2. The number of allylic oxidation sites excluding steroid dienone is 3. The molecule has 82 valence electrons. The Morgan fingerprint density at radius 2 is 1.79 bits per heavy atom. The summed E-state index contributed by atoms with van der Waals surface area (Å²) < 4.78 is 0. The zero-order chi connectivity index (χ0) is 11.2. The Labute approximate surface area is 85.8 Å². The van der Waals surface area contributed by atoms with Crippen molar-refractivity contribution in [3.8, 4) is 0 Å². The highest BCUT2D eigenvalue weighted by Gasteiger charge is 1.74. The van der Waals surface area contributed by atoms with Gasteiger partial charge in [0.2, 0.25) is 0 Å². The van der Waals surface area contributed by atoms with Crippen molar-refractivity contribution < 1.29 is 15.0 Å². The van der Waals surface area contributed by atoms with Crippen LogP contribution in [0, 0.1) is 0 Å². The van der Waals surface area contributed by atoms with Crippen LogP contribution < -0.4 is 0 Å². The Morgan fingerprint density at radius 3 is 2.21 bits per heavy atom. The molecule has 3 nitrogen and oxygen atoms in total. The van der Waals surface area contributed by atoms with Crippen LogP contribution in [0.5, 0.6) is 0 Å². The number of aliphatic carboxylic acids is 1. The van der Waals surface area contributed by atoms with Crippen LogP contribution in [0.25, 0.3) is 0 Å². The number of hydrogen-bond acceptors (Lipinski definition) is 2. The van der Waals surface area contributed by atoms with Gasteiger partial charge in [0.15, 0.2) is 0 Å². The van der Waals surface area contributed by atoms with Crippen molar-refractivity contribution in [3.63, 3.8) is 0 Å². The zero-order valence-corrected chi connectivity index (χ0v) is 8.94. The average molecular weight is 200 g/mol. The summed E-state index contributed by atoms with van der Waals surface area (Å²) >= 11 is 0. The molecule has 0 fully saturated rings. The second-order valence-electron chi connectivity index (χ2n) is 2.70. The van der Waals surface area contributed by atoms with E-state index in [4.69, 9.17) is 15.0 Å². The lowest BCUT2D eigenvalue weighted by Crippen LogP contribution is -1.78. The van der Waals surface area contributed by atoms with E-state index in [1.165, 1.54) is 12.8 Å². The summed E-state index contributed by atoms with van der Waals surface area (Å²) in [6, 6.07) is 0. The molecule has 0 aromatic carbocycles. The van der Waals surface area contributed by atoms with Gasteiger partial charge in [-0.25, -0.2) is 0 Å². The number of hydrogen-bond donors (Lipinski definition) is 2. The van der Waals surface area contributed by atoms with Gasteiger partial charge in [0.05, 0.1) is 6.61 Å². The van der Waals surface area contributed by atoms with Gasteiger partial charge in [-0.05, 0) is 6.42 Å². The van der Waals surface area contributed by atoms with E-state index in [1.54, 1.807) is 6.08 Å². The lowest BCUT2D eigenvalue weighted by molar-refractivity contribution is -0.134. The first-order chi connectivity index (χ1) is 6.65. The van der Waals surface area contributed by atoms with Crippen molar-refractivity contribution in [2.75, 3.05) is 6.61 Å². The first kappa shape index (κ1) is 15.4. The standard InChI is InChI=1S/C9H16O.C2H4O2/c1-2-3-4-5-6-7-8-9-10;1-2(3)4/h5-8,10H,2-4,9H2,1H3;1H3,(H,3,4). The third-order valence-corrected chi connectivity index (χ3v) is 1.21. The molecule has 3 heteroatoms. The first-order valence-corrected chi connectivity index (χ1v) is 4.77. The molecule has 0 saturated carbocycles. The van der Waals surface area contributed by atoms with Gasteiger partial charge >= 0.3 is 0 Å². The van der Waals surface area contributed by atoms with Crippen molar-refractivity contribution in [1.29, 1.82) is 0 Å². The molecule has 0 rings (SSSR count). The SMILES string of the molecule is CC(=O)O.CCCCC=CC=CCO. The van der Waals surface area contributed by atoms with Crippen LogP contribution in [0.3, 0.4) is 0 Å². The van der Waals surface area contributed by atoms with Crippen molar-refractivity contribution in [2.45, 2.75) is 33.1 Å². The molecular formula is C11H20O3. The van der Waals surface area contributed by atoms with Crippen LogP contribution in [0.2, 0.25) is 0 Å². The largest absolute Gasteiger partial charge is 0.481 e. The Hall–Kier alpha value is -1.09. The van der Waals surface area contributed by atoms with Crippen LogP contribution in [-0.4, -0.2) is 22.8 Å². The fraction of sp³-hybridized carbons (Fsp3) is 0.545. The van der Waals surface area contributed by atoms with E-state index in [0.29, 0.717) is 0 Å². The third kappa shape index (κ3) is 30.7. The highest BCUT2D eigenvalue weighted by Crippen LogP contribution is 1.94. The maximum absolute atomic E-state index is 9.00. The highest BCUT2D eigenvalue weighted by atomic mass is 16.4. The number of unbranched alkanes of at least 4 members (excludes halogenated alkanes) is 2. The molecule has 0 aliphatic heterocycles. The molecule has 0 amide bonds. The first-order valence-electron chi connectivity index (χ1n) is 4.77. The summed E-state index contributed by atoms with van der Waals surface area (Å²) in [6.45, 7) is 3.40. The topological polar surface area (TPSA) is 57.5 Å². The molecule has 14 heavy (non-hydrogen) atoms. The fourth-order valence-corrected chi connectivity index (χ4v) is 0.636. The number of carboxylic acids is 1. The molecule has 0 bridgehead atoms. The van der Waals surface area contributed by atoms with Gasteiger partial charge in [-0.1, -0.05) is 44.1 Å². The van der Waals surface area contributed by atoms with Crippen molar-refractivity contribution in [2.24, 2.45) is 0 Å². The molecular weight excluding hydrogens is 180 g/mol. The van der Waals surface area contributed by atoms with Crippen LogP contribution in [-0.2, 0) is 4.79 Å². The molecule has 0 aromatic heterocycles. The van der Waals surface area contributed by atoms with Crippen molar-refractivity contribution >= 4 is 5.97 Å². The van der Waals surface area contributed by atoms with Gasteiger partial charge < -0.3 is 10.2 Å². The summed E-state index contributed by atoms with van der Waals surface area (Å²) in [7, 11) is 0. The van der Waals surface area contributed by atoms with Gasteiger partial charge in [-0.15, -0.1) is 0 Å². The maximum atomic E-state index is 9.00. The predicted molar refractivity (Wildman–Crippen MR) is 58.2 cm³/mol. The summed E-state index contributed by atoms with van der Waals surface area (Å²) in [5.74, 6) is -0.833. The van der Waals surface area contributed by atoms with E-state index in [-0.39, 0.29) is 6.61 Å². The van der Waals surface area contributed by atoms with Gasteiger partial charge in [-0.2, -0.15) is 0 Å². The van der Waals surface area contributed by atoms with Gasteiger partial charge in [0.1, 0.15) is 0 Å². The quantitative estimate of drug-likeness (QED) is 0.529. The van der Waals surface area contributed by atoms with Crippen molar-refractivity contribution in [1.82, 2.24) is 0 Å². The molecule has 0 unspecified atom stereocenters. The van der Waals surface area contributed by atoms with Crippen LogP contribution in [0.4, 0.5) is 0 Å². The number of carbonyl (C=O) groups is 1. The second kappa shape index (κ2) is 14.4. The molecule has 0 saturated heterocycles. The monoisotopic (exact) mass is 200 g/mol. The maximum Gasteiger partial charge on any atom is 0.300 e. The third-order valence-electron chi connectivity index (χ3n) is 1.21. The zero-order valence-electron chi connectivity index (χ0n) is 8.94. The molecule has 0 spiro atoms. The Kier molecular flexibility index (Phi) is 15.9. The van der Waals surface area contributed by atoms with E-state index in [1.807, 2.05) is 12.2 Å². The van der Waals surface area contributed by atoms with E-state index in [0.717, 1.165) is 13.3 Å². The lowest BCUT2D eigenvalue weighted by Gasteiger charge is -1.85. The number of carboxylic acid groups (broad SMARTS) is 1. The van der Waals surface area contributed by atoms with Gasteiger partial charge in [-0.3, -0.25) is 4.79 Å². The smallest absolute Gasteiger partial charge is 0.300 e. The number of rotatable bonds is 5. The summed E-state index contributed by atoms with van der Waals surface area (Å²) in [6.07, 6.45) is 11.3. The average Bonchev–Trinajstić information content (AvgIpc) is 2.10. The van der Waals surface area contributed by atoms with E-state index >= 15 is 0 Å². The molecule has 0 atom stereocenters. The summed E-state index contributed by atoms with van der Waals surface area (Å²) in [5.41, 5.74) is 0. The van der Waals surface area contributed by atoms with E-state index in [9.17, 15) is 0 Å². The van der Waals surface area contributed by atoms with Crippen LogP contribution in [0.15, 0.2) is 24.3 Å². The minimum atomic E-state index is -0.833. The molecule has 0 heterocycles. The van der Waals surface area contributed by atoms with Crippen LogP contribution >= 0.6 is 0 Å². The molecule has 2 N–H and O–H groups in total. The van der Waals surface area contributed by atoms with Gasteiger partial charge in [0.25, 0.3) is 5.97 Å². The predicted octanol–water partition coefficient (Wildman–Crippen LogP) is 2.37. The minimum Gasteiger partial charge on any atom is -0.481 e. The van der Waals surface area contributed by atoms with E-state index < -0.39 is 5.97 Å². The lowest BCUT2D eigenvalue weighted by atomic mass is 10.2. The molecule has 0 aliphatic carbocycles. The van der Waals surface area contributed by atoms with Crippen molar-refractivity contribution in [3.05, 3.63) is 24.3 Å². The Bertz CT molecular complexity index is 167. The Morgan fingerprint density at radius 1 is 1.29 bits per heavy atom. The second-order valence-corrected chi connectivity index (χ2v) is 2.70. The number of aliphatic hydroxyl groups is 1. The fourth-order valence-electron chi connectivity index (χ4n) is 0.636. The van der Waals surface area contributed by atoms with Crippen LogP contribution in [0.1, 0.15) is 33.1 Å². The van der Waals surface area contributed by atoms with Gasteiger partial charge in [0, 0.05) is 6.92 Å². The number of aliphatic hydroxyl groups excluding tert-OH is 1.